The Hall–Kier alpha value is -3.53. The van der Waals surface area contributed by atoms with Gasteiger partial charge in [-0.25, -0.2) is 0 Å². The zero-order valence-corrected chi connectivity index (χ0v) is 16.5. The van der Waals surface area contributed by atoms with E-state index in [2.05, 4.69) is 17.1 Å². The molecule has 0 bridgehead atoms. The minimum Gasteiger partial charge on any atom is -0.494 e. The van der Waals surface area contributed by atoms with E-state index in [1.54, 1.807) is 18.3 Å². The summed E-state index contributed by atoms with van der Waals surface area (Å²) in [6.45, 7) is 2.85. The fraction of sp³-hybridized carbons (Fsp3) is 0.160. The monoisotopic (exact) mass is 384 g/mol. The highest BCUT2D eigenvalue weighted by Gasteiger charge is 2.15. The zero-order valence-electron chi connectivity index (χ0n) is 16.5. The highest BCUT2D eigenvalue weighted by molar-refractivity contribution is 6.51. The number of carbonyl (C=O) groups is 1. The number of rotatable bonds is 9. The van der Waals surface area contributed by atoms with E-state index in [1.165, 1.54) is 0 Å². The van der Waals surface area contributed by atoms with Crippen LogP contribution in [0, 0.1) is 0 Å². The van der Waals surface area contributed by atoms with Crippen LogP contribution in [0.15, 0.2) is 95.1 Å². The number of unbranched alkanes of at least 4 members (excludes halogenated alkanes) is 1. The minimum absolute atomic E-state index is 0.159. The minimum atomic E-state index is -0.159. The van der Waals surface area contributed by atoms with Crippen molar-refractivity contribution in [3.05, 3.63) is 102 Å². The molecule has 0 fully saturated rings. The molecule has 3 aromatic rings. The van der Waals surface area contributed by atoms with Crippen LogP contribution in [0.3, 0.4) is 0 Å². The quantitative estimate of drug-likeness (QED) is 0.209. The van der Waals surface area contributed by atoms with Crippen LogP contribution in [0.4, 0.5) is 0 Å². The van der Waals surface area contributed by atoms with E-state index in [-0.39, 0.29) is 5.78 Å². The van der Waals surface area contributed by atoms with E-state index in [0.717, 1.165) is 36.3 Å². The Kier molecular flexibility index (Phi) is 7.47. The predicted octanol–water partition coefficient (Wildman–Crippen LogP) is 5.57. The molecule has 0 aromatic heterocycles. The first kappa shape index (κ1) is 20.2. The summed E-state index contributed by atoms with van der Waals surface area (Å²) in [5.74, 6) is 0.678. The standard InChI is InChI=1S/C25H24N2O2/c1-2-3-18-29-23-16-14-20(15-17-23)19-26-27-24(21-10-6-4-7-11-21)25(28)22-12-8-5-9-13-22/h4-17,19H,2-3,18H2,1H3/b26-19-,27-24-. The third-order valence-corrected chi connectivity index (χ3v) is 4.31. The van der Waals surface area contributed by atoms with Crippen molar-refractivity contribution in [2.24, 2.45) is 10.2 Å². The molecule has 0 heterocycles. The molecule has 4 heteroatoms. The Labute approximate surface area is 171 Å². The highest BCUT2D eigenvalue weighted by atomic mass is 16.5. The molecule has 0 N–H and O–H groups in total. The molecular weight excluding hydrogens is 360 g/mol. The molecule has 0 aliphatic heterocycles. The van der Waals surface area contributed by atoms with Crippen LogP contribution < -0.4 is 4.74 Å². The molecule has 0 amide bonds. The van der Waals surface area contributed by atoms with Gasteiger partial charge in [-0.15, -0.1) is 5.10 Å². The van der Waals surface area contributed by atoms with E-state index in [0.29, 0.717) is 11.3 Å². The summed E-state index contributed by atoms with van der Waals surface area (Å²) >= 11 is 0. The Balaban J connectivity index is 1.78. The summed E-state index contributed by atoms with van der Waals surface area (Å²) in [4.78, 5) is 12.9. The molecule has 0 radical (unpaired) electrons. The third-order valence-electron chi connectivity index (χ3n) is 4.31. The number of ether oxygens (including phenoxy) is 1. The molecule has 3 aromatic carbocycles. The number of hydrogen-bond acceptors (Lipinski definition) is 4. The molecule has 0 aliphatic carbocycles. The van der Waals surface area contributed by atoms with Crippen molar-refractivity contribution in [3.8, 4) is 5.75 Å². The molecular formula is C25H24N2O2. The van der Waals surface area contributed by atoms with E-state index in [4.69, 9.17) is 4.74 Å². The van der Waals surface area contributed by atoms with Gasteiger partial charge in [-0.3, -0.25) is 4.79 Å². The Morgan fingerprint density at radius 2 is 1.48 bits per heavy atom. The smallest absolute Gasteiger partial charge is 0.213 e. The second-order valence-corrected chi connectivity index (χ2v) is 6.53. The maximum Gasteiger partial charge on any atom is 0.213 e. The van der Waals surface area contributed by atoms with E-state index in [9.17, 15) is 4.79 Å². The fourth-order valence-electron chi connectivity index (χ4n) is 2.69. The largest absolute Gasteiger partial charge is 0.494 e. The van der Waals surface area contributed by atoms with Crippen molar-refractivity contribution < 1.29 is 9.53 Å². The first-order valence-corrected chi connectivity index (χ1v) is 9.77. The van der Waals surface area contributed by atoms with E-state index >= 15 is 0 Å². The lowest BCUT2D eigenvalue weighted by Crippen LogP contribution is -2.15. The number of carbonyl (C=O) groups excluding carboxylic acids is 1. The molecule has 4 nitrogen and oxygen atoms in total. The highest BCUT2D eigenvalue weighted by Crippen LogP contribution is 2.12. The van der Waals surface area contributed by atoms with Gasteiger partial charge in [-0.05, 0) is 36.2 Å². The molecule has 0 spiro atoms. The summed E-state index contributed by atoms with van der Waals surface area (Å²) in [5, 5.41) is 8.43. The Morgan fingerprint density at radius 3 is 2.10 bits per heavy atom. The predicted molar refractivity (Wildman–Crippen MR) is 118 cm³/mol. The second-order valence-electron chi connectivity index (χ2n) is 6.53. The van der Waals surface area contributed by atoms with Crippen LogP contribution >= 0.6 is 0 Å². The molecule has 3 rings (SSSR count). The van der Waals surface area contributed by atoms with Gasteiger partial charge >= 0.3 is 0 Å². The second kappa shape index (κ2) is 10.7. The topological polar surface area (TPSA) is 51.0 Å². The fourth-order valence-corrected chi connectivity index (χ4v) is 2.69. The first-order valence-electron chi connectivity index (χ1n) is 9.77. The average Bonchev–Trinajstić information content (AvgIpc) is 2.79. The van der Waals surface area contributed by atoms with Gasteiger partial charge in [0, 0.05) is 11.1 Å². The van der Waals surface area contributed by atoms with Gasteiger partial charge in [0.15, 0.2) is 0 Å². The zero-order chi connectivity index (χ0) is 20.3. The first-order chi connectivity index (χ1) is 14.3. The number of hydrogen-bond donors (Lipinski definition) is 0. The van der Waals surface area contributed by atoms with Crippen molar-refractivity contribution in [3.63, 3.8) is 0 Å². The molecule has 0 aliphatic rings. The Morgan fingerprint density at radius 1 is 0.862 bits per heavy atom. The van der Waals surface area contributed by atoms with Crippen molar-refractivity contribution in [1.82, 2.24) is 0 Å². The molecule has 0 saturated carbocycles. The summed E-state index contributed by atoms with van der Waals surface area (Å²) in [6.07, 6.45) is 3.78. The normalized spacial score (nSPS) is 11.6. The third kappa shape index (κ3) is 5.98. The molecule has 29 heavy (non-hydrogen) atoms. The lowest BCUT2D eigenvalue weighted by Gasteiger charge is -2.05. The summed E-state index contributed by atoms with van der Waals surface area (Å²) in [5.41, 5.74) is 2.51. The number of nitrogens with zero attached hydrogens (tertiary/aromatic N) is 2. The lowest BCUT2D eigenvalue weighted by molar-refractivity contribution is 0.106. The summed E-state index contributed by atoms with van der Waals surface area (Å²) in [6, 6.07) is 26.1. The van der Waals surface area contributed by atoms with Gasteiger partial charge in [0.1, 0.15) is 11.5 Å². The van der Waals surface area contributed by atoms with Crippen molar-refractivity contribution in [1.29, 1.82) is 0 Å². The average molecular weight is 384 g/mol. The van der Waals surface area contributed by atoms with Crippen LogP contribution in [-0.2, 0) is 0 Å². The lowest BCUT2D eigenvalue weighted by atomic mass is 10.0. The van der Waals surface area contributed by atoms with E-state index < -0.39 is 0 Å². The molecule has 146 valence electrons. The van der Waals surface area contributed by atoms with Gasteiger partial charge in [0.2, 0.25) is 5.78 Å². The van der Waals surface area contributed by atoms with Gasteiger partial charge in [-0.2, -0.15) is 5.10 Å². The SMILES string of the molecule is CCCCOc1ccc(/C=N\N=C(/C(=O)c2ccccc2)c2ccccc2)cc1. The number of Topliss-reactive ketones (excluding diaryl/α,β-unsaturated/α-hetero) is 1. The Bertz CT molecular complexity index is 963. The molecule has 0 atom stereocenters. The summed E-state index contributed by atoms with van der Waals surface area (Å²) in [7, 11) is 0. The maximum atomic E-state index is 12.9. The van der Waals surface area contributed by atoms with Gasteiger partial charge < -0.3 is 4.74 Å². The van der Waals surface area contributed by atoms with Crippen LogP contribution in [0.25, 0.3) is 0 Å². The maximum absolute atomic E-state index is 12.9. The summed E-state index contributed by atoms with van der Waals surface area (Å²) < 4.78 is 5.67. The molecule has 0 unspecified atom stereocenters. The number of benzene rings is 3. The van der Waals surface area contributed by atoms with Gasteiger partial charge in [0.25, 0.3) is 0 Å². The van der Waals surface area contributed by atoms with Crippen molar-refractivity contribution in [2.45, 2.75) is 19.8 Å². The van der Waals surface area contributed by atoms with Crippen LogP contribution in [-0.4, -0.2) is 24.3 Å². The van der Waals surface area contributed by atoms with Gasteiger partial charge in [0.05, 0.1) is 12.8 Å². The molecule has 0 saturated heterocycles. The van der Waals surface area contributed by atoms with Gasteiger partial charge in [-0.1, -0.05) is 74.0 Å². The van der Waals surface area contributed by atoms with Crippen LogP contribution in [0.2, 0.25) is 0 Å². The van der Waals surface area contributed by atoms with Crippen LogP contribution in [0.1, 0.15) is 41.3 Å². The van der Waals surface area contributed by atoms with E-state index in [1.807, 2.05) is 72.8 Å². The number of ketones is 1. The van der Waals surface area contributed by atoms with Crippen LogP contribution in [0.5, 0.6) is 5.75 Å². The van der Waals surface area contributed by atoms with Crippen molar-refractivity contribution >= 4 is 17.7 Å². The van der Waals surface area contributed by atoms with Crippen molar-refractivity contribution in [2.75, 3.05) is 6.61 Å².